The summed E-state index contributed by atoms with van der Waals surface area (Å²) in [5.41, 5.74) is 0.835. The van der Waals surface area contributed by atoms with Crippen LogP contribution in [0.25, 0.3) is 10.9 Å². The quantitative estimate of drug-likeness (QED) is 0.817. The van der Waals surface area contributed by atoms with Crippen molar-refractivity contribution in [2.45, 2.75) is 18.9 Å². The van der Waals surface area contributed by atoms with Crippen LogP contribution < -0.4 is 10.1 Å². The average Bonchev–Trinajstić information content (AvgIpc) is 2.92. The van der Waals surface area contributed by atoms with Crippen LogP contribution in [-0.4, -0.2) is 23.5 Å². The molecule has 4 heteroatoms. The lowest BCUT2D eigenvalue weighted by atomic mass is 10.2. The molecule has 1 aliphatic heterocycles. The van der Waals surface area contributed by atoms with Gasteiger partial charge in [0.1, 0.15) is 6.04 Å². The number of fused-ring (bicyclic) bond motifs is 1. The van der Waals surface area contributed by atoms with E-state index in [0.29, 0.717) is 5.88 Å². The Hall–Kier alpha value is -1.94. The molecule has 0 saturated carbocycles. The van der Waals surface area contributed by atoms with Gasteiger partial charge in [-0.1, -0.05) is 18.2 Å². The molecule has 2 heterocycles. The molecule has 1 aliphatic rings. The molecule has 1 aromatic heterocycles. The van der Waals surface area contributed by atoms with Crippen molar-refractivity contribution >= 4 is 16.9 Å². The fourth-order valence-electron chi connectivity index (χ4n) is 2.16. The molecule has 18 heavy (non-hydrogen) atoms. The number of aromatic nitrogens is 1. The van der Waals surface area contributed by atoms with Gasteiger partial charge in [-0.3, -0.25) is 0 Å². The monoisotopic (exact) mass is 242 g/mol. The summed E-state index contributed by atoms with van der Waals surface area (Å²) in [5, 5.41) is 4.15. The van der Waals surface area contributed by atoms with E-state index in [1.807, 2.05) is 30.3 Å². The van der Waals surface area contributed by atoms with Crippen molar-refractivity contribution in [3.63, 3.8) is 0 Å². The first-order chi connectivity index (χ1) is 8.83. The first-order valence-electron chi connectivity index (χ1n) is 6.14. The van der Waals surface area contributed by atoms with Crippen molar-refractivity contribution < 1.29 is 9.53 Å². The minimum Gasteiger partial charge on any atom is -0.406 e. The number of carbonyl (C=O) groups is 1. The van der Waals surface area contributed by atoms with Gasteiger partial charge in [-0.2, -0.15) is 0 Å². The van der Waals surface area contributed by atoms with Crippen LogP contribution in [0.5, 0.6) is 5.88 Å². The van der Waals surface area contributed by atoms with Crippen LogP contribution in [-0.2, 0) is 4.79 Å². The molecule has 0 bridgehead atoms. The summed E-state index contributed by atoms with van der Waals surface area (Å²) in [6.45, 7) is 0.880. The standard InChI is InChI=1S/C14H14N2O2/c17-14(12-6-3-9-15-12)18-13-8-7-10-4-1-2-5-11(10)16-13/h1-2,4-5,7-8,12,15H,3,6,9H2/t12-/m0/s1. The maximum atomic E-state index is 11.8. The highest BCUT2D eigenvalue weighted by Gasteiger charge is 2.24. The summed E-state index contributed by atoms with van der Waals surface area (Å²) in [6.07, 6.45) is 1.86. The third-order valence-electron chi connectivity index (χ3n) is 3.12. The molecular weight excluding hydrogens is 228 g/mol. The number of nitrogens with zero attached hydrogens (tertiary/aromatic N) is 1. The molecule has 1 atom stereocenters. The summed E-state index contributed by atoms with van der Waals surface area (Å²) >= 11 is 0. The van der Waals surface area contributed by atoms with E-state index in [1.54, 1.807) is 6.07 Å². The van der Waals surface area contributed by atoms with Crippen LogP contribution in [0.1, 0.15) is 12.8 Å². The van der Waals surface area contributed by atoms with E-state index in [-0.39, 0.29) is 12.0 Å². The highest BCUT2D eigenvalue weighted by atomic mass is 16.5. The first kappa shape index (κ1) is 11.2. The third kappa shape index (κ3) is 2.19. The van der Waals surface area contributed by atoms with Crippen LogP contribution in [0.4, 0.5) is 0 Å². The summed E-state index contributed by atoms with van der Waals surface area (Å²) in [6, 6.07) is 11.2. The number of benzene rings is 1. The van der Waals surface area contributed by atoms with Gasteiger partial charge in [0.05, 0.1) is 5.52 Å². The zero-order valence-corrected chi connectivity index (χ0v) is 9.93. The molecular formula is C14H14N2O2. The van der Waals surface area contributed by atoms with Gasteiger partial charge in [0, 0.05) is 11.5 Å². The van der Waals surface area contributed by atoms with E-state index < -0.39 is 0 Å². The Morgan fingerprint density at radius 1 is 1.28 bits per heavy atom. The van der Waals surface area contributed by atoms with Gasteiger partial charge in [-0.05, 0) is 31.5 Å². The van der Waals surface area contributed by atoms with E-state index >= 15 is 0 Å². The number of ether oxygens (including phenoxy) is 1. The zero-order chi connectivity index (χ0) is 12.4. The van der Waals surface area contributed by atoms with Gasteiger partial charge in [0.15, 0.2) is 0 Å². The maximum Gasteiger partial charge on any atom is 0.329 e. The van der Waals surface area contributed by atoms with Crippen molar-refractivity contribution in [3.8, 4) is 5.88 Å². The first-order valence-corrected chi connectivity index (χ1v) is 6.14. The average molecular weight is 242 g/mol. The van der Waals surface area contributed by atoms with Crippen molar-refractivity contribution in [2.75, 3.05) is 6.54 Å². The second-order valence-corrected chi connectivity index (χ2v) is 4.41. The normalized spacial score (nSPS) is 19.0. The van der Waals surface area contributed by atoms with Crippen LogP contribution in [0.2, 0.25) is 0 Å². The van der Waals surface area contributed by atoms with E-state index in [0.717, 1.165) is 30.3 Å². The van der Waals surface area contributed by atoms with Gasteiger partial charge in [0.2, 0.25) is 5.88 Å². The van der Waals surface area contributed by atoms with Crippen molar-refractivity contribution in [1.29, 1.82) is 0 Å². The number of hydrogen-bond acceptors (Lipinski definition) is 4. The van der Waals surface area contributed by atoms with Crippen LogP contribution in [0.3, 0.4) is 0 Å². The zero-order valence-electron chi connectivity index (χ0n) is 9.93. The Bertz CT molecular complexity index is 577. The van der Waals surface area contributed by atoms with Crippen molar-refractivity contribution in [1.82, 2.24) is 10.3 Å². The minimum absolute atomic E-state index is 0.182. The summed E-state index contributed by atoms with van der Waals surface area (Å²) in [5.74, 6) is 0.127. The number of nitrogens with one attached hydrogen (secondary N) is 1. The molecule has 92 valence electrons. The largest absolute Gasteiger partial charge is 0.406 e. The summed E-state index contributed by atoms with van der Waals surface area (Å²) in [4.78, 5) is 16.1. The molecule has 1 saturated heterocycles. The van der Waals surface area contributed by atoms with E-state index in [4.69, 9.17) is 4.74 Å². The van der Waals surface area contributed by atoms with Crippen molar-refractivity contribution in [2.24, 2.45) is 0 Å². The molecule has 1 aromatic carbocycles. The van der Waals surface area contributed by atoms with Gasteiger partial charge in [0.25, 0.3) is 0 Å². The number of pyridine rings is 1. The second kappa shape index (κ2) is 4.74. The number of carbonyl (C=O) groups excluding carboxylic acids is 1. The van der Waals surface area contributed by atoms with E-state index in [1.165, 1.54) is 0 Å². The number of esters is 1. The number of rotatable bonds is 2. The summed E-state index contributed by atoms with van der Waals surface area (Å²) in [7, 11) is 0. The number of para-hydroxylation sites is 1. The molecule has 4 nitrogen and oxygen atoms in total. The topological polar surface area (TPSA) is 51.2 Å². The summed E-state index contributed by atoms with van der Waals surface area (Å²) < 4.78 is 5.29. The molecule has 0 spiro atoms. The molecule has 0 aliphatic carbocycles. The van der Waals surface area contributed by atoms with Gasteiger partial charge in [-0.15, -0.1) is 0 Å². The molecule has 3 rings (SSSR count). The van der Waals surface area contributed by atoms with Crippen LogP contribution >= 0.6 is 0 Å². The fourth-order valence-corrected chi connectivity index (χ4v) is 2.16. The van der Waals surface area contributed by atoms with E-state index in [2.05, 4.69) is 10.3 Å². The maximum absolute atomic E-state index is 11.8. The SMILES string of the molecule is O=C(Oc1ccc2ccccc2n1)[C@@H]1CCCN1. The van der Waals surface area contributed by atoms with Crippen molar-refractivity contribution in [3.05, 3.63) is 36.4 Å². The van der Waals surface area contributed by atoms with Gasteiger partial charge in [-0.25, -0.2) is 9.78 Å². The predicted molar refractivity (Wildman–Crippen MR) is 68.4 cm³/mol. The molecule has 1 N–H and O–H groups in total. The van der Waals surface area contributed by atoms with E-state index in [9.17, 15) is 4.79 Å². The lowest BCUT2D eigenvalue weighted by Gasteiger charge is -2.09. The highest BCUT2D eigenvalue weighted by Crippen LogP contribution is 2.17. The molecule has 1 fully saturated rings. The van der Waals surface area contributed by atoms with Gasteiger partial charge < -0.3 is 10.1 Å². The fraction of sp³-hybridized carbons (Fsp3) is 0.286. The number of hydrogen-bond donors (Lipinski definition) is 1. The smallest absolute Gasteiger partial charge is 0.329 e. The Labute approximate surface area is 105 Å². The Balaban J connectivity index is 1.79. The lowest BCUT2D eigenvalue weighted by molar-refractivity contribution is -0.136. The minimum atomic E-state index is -0.240. The Morgan fingerprint density at radius 2 is 2.17 bits per heavy atom. The van der Waals surface area contributed by atoms with Crippen LogP contribution in [0.15, 0.2) is 36.4 Å². The highest BCUT2D eigenvalue weighted by molar-refractivity contribution is 5.81. The third-order valence-corrected chi connectivity index (χ3v) is 3.12. The second-order valence-electron chi connectivity index (χ2n) is 4.41. The predicted octanol–water partition coefficient (Wildman–Crippen LogP) is 1.89. The molecule has 0 unspecified atom stereocenters. The Morgan fingerprint density at radius 3 is 3.00 bits per heavy atom. The lowest BCUT2D eigenvalue weighted by Crippen LogP contribution is -2.34. The Kier molecular flexibility index (Phi) is 2.94. The molecule has 0 radical (unpaired) electrons. The van der Waals surface area contributed by atoms with Crippen LogP contribution in [0, 0.1) is 0 Å². The molecule has 0 amide bonds. The molecule has 2 aromatic rings. The van der Waals surface area contributed by atoms with Gasteiger partial charge >= 0.3 is 5.97 Å².